The lowest BCUT2D eigenvalue weighted by atomic mass is 9.77. The summed E-state index contributed by atoms with van der Waals surface area (Å²) in [7, 11) is 0. The SMILES string of the molecule is Cc1cc2c(Oc3ccc(CC(=O)Cc4ccc(Cl)c(C(F)(F)F)c4)c(Cl)c3)ncnc2cc1OCCCN1CCC2(CC1)COC2. The molecule has 0 unspecified atom stereocenters. The Balaban J connectivity index is 1.05. The van der Waals surface area contributed by atoms with Gasteiger partial charge in [0.2, 0.25) is 5.88 Å². The van der Waals surface area contributed by atoms with Gasteiger partial charge < -0.3 is 19.1 Å². The molecule has 3 heterocycles. The molecule has 0 atom stereocenters. The van der Waals surface area contributed by atoms with Crippen molar-refractivity contribution in [3.63, 3.8) is 0 Å². The third-order valence-corrected chi connectivity index (χ3v) is 9.55. The lowest BCUT2D eigenvalue weighted by Crippen LogP contribution is -2.51. The zero-order valence-electron chi connectivity index (χ0n) is 25.8. The van der Waals surface area contributed by atoms with Crippen LogP contribution >= 0.6 is 23.2 Å². The minimum Gasteiger partial charge on any atom is -0.493 e. The van der Waals surface area contributed by atoms with Crippen molar-refractivity contribution >= 4 is 39.9 Å². The molecule has 6 rings (SSSR count). The molecule has 47 heavy (non-hydrogen) atoms. The maximum absolute atomic E-state index is 13.2. The number of hydrogen-bond donors (Lipinski definition) is 0. The molecule has 248 valence electrons. The number of fused-ring (bicyclic) bond motifs is 1. The summed E-state index contributed by atoms with van der Waals surface area (Å²) in [5.41, 5.74) is 1.81. The Morgan fingerprint density at radius 3 is 2.49 bits per heavy atom. The van der Waals surface area contributed by atoms with Crippen molar-refractivity contribution in [3.8, 4) is 17.4 Å². The zero-order valence-corrected chi connectivity index (χ0v) is 27.4. The number of ketones is 1. The Morgan fingerprint density at radius 2 is 1.79 bits per heavy atom. The predicted molar refractivity (Wildman–Crippen MR) is 174 cm³/mol. The fourth-order valence-electron chi connectivity index (χ4n) is 6.05. The minimum atomic E-state index is -4.61. The number of hydrogen-bond acceptors (Lipinski definition) is 7. The fraction of sp³-hybridized carbons (Fsp3) is 0.400. The number of alkyl halides is 3. The van der Waals surface area contributed by atoms with Gasteiger partial charge in [-0.15, -0.1) is 0 Å². The molecule has 1 spiro atoms. The summed E-state index contributed by atoms with van der Waals surface area (Å²) in [4.78, 5) is 24.0. The van der Waals surface area contributed by atoms with E-state index in [1.807, 2.05) is 19.1 Å². The first kappa shape index (κ1) is 33.5. The monoisotopic (exact) mass is 687 g/mol. The normalized spacial score (nSPS) is 16.3. The summed E-state index contributed by atoms with van der Waals surface area (Å²) in [6.45, 7) is 7.63. The highest BCUT2D eigenvalue weighted by Crippen LogP contribution is 2.39. The number of halogens is 5. The van der Waals surface area contributed by atoms with Crippen molar-refractivity contribution in [3.05, 3.63) is 87.2 Å². The second kappa shape index (κ2) is 14.0. The molecule has 7 nitrogen and oxygen atoms in total. The molecule has 4 aromatic rings. The van der Waals surface area contributed by atoms with Gasteiger partial charge >= 0.3 is 6.18 Å². The fourth-order valence-corrected chi connectivity index (χ4v) is 6.52. The van der Waals surface area contributed by atoms with Gasteiger partial charge in [0, 0.05) is 35.9 Å². The lowest BCUT2D eigenvalue weighted by Gasteiger charge is -2.47. The second-order valence-corrected chi connectivity index (χ2v) is 13.2. The maximum atomic E-state index is 13.2. The second-order valence-electron chi connectivity index (χ2n) is 12.4. The molecule has 2 aliphatic rings. The number of aryl methyl sites for hydroxylation is 1. The third kappa shape index (κ3) is 8.00. The molecule has 2 aliphatic heterocycles. The number of benzene rings is 3. The van der Waals surface area contributed by atoms with Gasteiger partial charge in [0.25, 0.3) is 0 Å². The number of likely N-dealkylation sites (tertiary alicyclic amines) is 1. The van der Waals surface area contributed by atoms with Gasteiger partial charge in [-0.25, -0.2) is 9.97 Å². The van der Waals surface area contributed by atoms with E-state index in [0.717, 1.165) is 62.7 Å². The Hall–Kier alpha value is -3.44. The van der Waals surface area contributed by atoms with Crippen molar-refractivity contribution in [2.45, 2.75) is 45.2 Å². The summed E-state index contributed by atoms with van der Waals surface area (Å²) >= 11 is 12.2. The Bertz CT molecular complexity index is 1770. The molecule has 0 amide bonds. The quantitative estimate of drug-likeness (QED) is 0.147. The van der Waals surface area contributed by atoms with E-state index in [-0.39, 0.29) is 29.2 Å². The van der Waals surface area contributed by atoms with E-state index in [1.54, 1.807) is 18.2 Å². The number of aromatic nitrogens is 2. The van der Waals surface area contributed by atoms with Crippen LogP contribution in [0.3, 0.4) is 0 Å². The highest BCUT2D eigenvalue weighted by molar-refractivity contribution is 6.32. The number of piperidine rings is 1. The summed E-state index contributed by atoms with van der Waals surface area (Å²) in [6.07, 6.45) is -0.0923. The van der Waals surface area contributed by atoms with E-state index in [0.29, 0.717) is 40.1 Å². The van der Waals surface area contributed by atoms with Crippen molar-refractivity contribution in [2.24, 2.45) is 5.41 Å². The van der Waals surface area contributed by atoms with E-state index in [1.165, 1.54) is 25.2 Å². The number of nitrogens with zero attached hydrogens (tertiary/aromatic N) is 3. The van der Waals surface area contributed by atoms with Gasteiger partial charge in [0.1, 0.15) is 23.6 Å². The molecule has 1 aromatic heterocycles. The molecule has 0 radical (unpaired) electrons. The van der Waals surface area contributed by atoms with Crippen LogP contribution in [-0.2, 0) is 28.5 Å². The van der Waals surface area contributed by atoms with Crippen LogP contribution in [0.4, 0.5) is 13.2 Å². The van der Waals surface area contributed by atoms with Crippen LogP contribution < -0.4 is 9.47 Å². The average Bonchev–Trinajstić information content (AvgIpc) is 3.01. The smallest absolute Gasteiger partial charge is 0.417 e. The lowest BCUT2D eigenvalue weighted by molar-refractivity contribution is -0.139. The number of Topliss-reactive ketones (excluding diaryl/α,β-unsaturated/α-hetero) is 1. The van der Waals surface area contributed by atoms with Gasteiger partial charge in [0.15, 0.2) is 0 Å². The summed E-state index contributed by atoms with van der Waals surface area (Å²) in [5.74, 6) is 1.21. The highest BCUT2D eigenvalue weighted by Gasteiger charge is 2.40. The molecule has 0 saturated carbocycles. The van der Waals surface area contributed by atoms with E-state index in [2.05, 4.69) is 14.9 Å². The van der Waals surface area contributed by atoms with Crippen LogP contribution in [0, 0.1) is 12.3 Å². The van der Waals surface area contributed by atoms with E-state index in [4.69, 9.17) is 37.4 Å². The van der Waals surface area contributed by atoms with E-state index >= 15 is 0 Å². The maximum Gasteiger partial charge on any atom is 0.417 e. The summed E-state index contributed by atoms with van der Waals surface area (Å²) in [6, 6.07) is 12.2. The van der Waals surface area contributed by atoms with Crippen molar-refractivity contribution in [2.75, 3.05) is 39.5 Å². The predicted octanol–water partition coefficient (Wildman–Crippen LogP) is 8.29. The molecule has 0 N–H and O–H groups in total. The highest BCUT2D eigenvalue weighted by atomic mass is 35.5. The van der Waals surface area contributed by atoms with Gasteiger partial charge in [-0.05, 0) is 86.3 Å². The number of ether oxygens (including phenoxy) is 3. The molecule has 2 saturated heterocycles. The first-order valence-electron chi connectivity index (χ1n) is 15.5. The van der Waals surface area contributed by atoms with Crippen molar-refractivity contribution < 1.29 is 32.2 Å². The van der Waals surface area contributed by atoms with Crippen LogP contribution in [-0.4, -0.2) is 60.1 Å². The number of carbonyl (C=O) groups excluding carboxylic acids is 1. The van der Waals surface area contributed by atoms with Gasteiger partial charge in [-0.3, -0.25) is 4.79 Å². The van der Waals surface area contributed by atoms with Gasteiger partial charge in [-0.2, -0.15) is 13.2 Å². The van der Waals surface area contributed by atoms with Gasteiger partial charge in [-0.1, -0.05) is 35.3 Å². The largest absolute Gasteiger partial charge is 0.493 e. The van der Waals surface area contributed by atoms with Crippen LogP contribution in [0.15, 0.2) is 54.9 Å². The molecule has 2 fully saturated rings. The van der Waals surface area contributed by atoms with E-state index < -0.39 is 16.8 Å². The number of carbonyl (C=O) groups is 1. The molecule has 0 aliphatic carbocycles. The topological polar surface area (TPSA) is 73.8 Å². The molecular weight excluding hydrogens is 654 g/mol. The van der Waals surface area contributed by atoms with Crippen LogP contribution in [0.2, 0.25) is 10.0 Å². The molecule has 0 bridgehead atoms. The zero-order chi connectivity index (χ0) is 33.2. The standard InChI is InChI=1S/C35H34Cl2F3N3O4/c1-22-13-27-31(18-32(22)46-12-2-9-43-10-7-34(8-11-43)19-45-20-34)41-21-42-33(27)47-26-5-4-24(30(37)17-26)16-25(44)14-23-3-6-29(36)28(15-23)35(38,39)40/h3-6,13,15,17-18,21H,2,7-12,14,16,19-20H2,1H3. The van der Waals surface area contributed by atoms with Crippen LogP contribution in [0.25, 0.3) is 10.9 Å². The number of rotatable bonds is 11. The molecule has 12 heteroatoms. The Morgan fingerprint density at radius 1 is 1.00 bits per heavy atom. The first-order valence-corrected chi connectivity index (χ1v) is 16.3. The third-order valence-electron chi connectivity index (χ3n) is 8.87. The Kier molecular flexibility index (Phi) is 9.94. The first-order chi connectivity index (χ1) is 22.5. The molecule has 3 aromatic carbocycles. The Labute approximate surface area is 280 Å². The van der Waals surface area contributed by atoms with Crippen molar-refractivity contribution in [1.82, 2.24) is 14.9 Å². The summed E-state index contributed by atoms with van der Waals surface area (Å²) < 4.78 is 57.3. The minimum absolute atomic E-state index is 0.0599. The van der Waals surface area contributed by atoms with E-state index in [9.17, 15) is 18.0 Å². The summed E-state index contributed by atoms with van der Waals surface area (Å²) in [5, 5.41) is 0.579. The van der Waals surface area contributed by atoms with Gasteiger partial charge in [0.05, 0.1) is 41.3 Å². The molecular formula is C35H34Cl2F3N3O4. The average molecular weight is 689 g/mol. The van der Waals surface area contributed by atoms with Crippen LogP contribution in [0.5, 0.6) is 17.4 Å². The van der Waals surface area contributed by atoms with Crippen molar-refractivity contribution in [1.29, 1.82) is 0 Å². The van der Waals surface area contributed by atoms with Crippen LogP contribution in [0.1, 0.15) is 41.5 Å².